The van der Waals surface area contributed by atoms with Gasteiger partial charge in [-0.1, -0.05) is 0 Å². The highest BCUT2D eigenvalue weighted by Gasteiger charge is 2.46. The largest absolute Gasteiger partial charge is 0.464 e. The van der Waals surface area contributed by atoms with E-state index >= 15 is 0 Å². The minimum Gasteiger partial charge on any atom is -0.464 e. The molecule has 0 amide bonds. The summed E-state index contributed by atoms with van der Waals surface area (Å²) in [5.74, 6) is 0.0936. The van der Waals surface area contributed by atoms with Crippen LogP contribution in [0.3, 0.4) is 0 Å². The van der Waals surface area contributed by atoms with Crippen LogP contribution in [0.2, 0.25) is 0 Å². The van der Waals surface area contributed by atoms with Crippen LogP contribution in [-0.2, 0) is 9.53 Å². The smallest absolute Gasteiger partial charge is 0.328 e. The van der Waals surface area contributed by atoms with Crippen LogP contribution < -0.4 is 5.32 Å². The molecular formula is C16H20N4O2. The molecule has 6 heteroatoms. The predicted octanol–water partition coefficient (Wildman–Crippen LogP) is 1.91. The Morgan fingerprint density at radius 2 is 2.36 bits per heavy atom. The van der Waals surface area contributed by atoms with Crippen LogP contribution in [0.1, 0.15) is 24.9 Å². The number of hydrogen-bond donors (Lipinski definition) is 2. The highest BCUT2D eigenvalue weighted by molar-refractivity contribution is 5.86. The molecule has 2 aliphatic heterocycles. The van der Waals surface area contributed by atoms with Crippen molar-refractivity contribution in [3.8, 4) is 0 Å². The normalized spacial score (nSPS) is 27.3. The van der Waals surface area contributed by atoms with E-state index in [1.54, 1.807) is 6.33 Å². The van der Waals surface area contributed by atoms with Crippen molar-refractivity contribution in [2.24, 2.45) is 5.92 Å². The van der Waals surface area contributed by atoms with Gasteiger partial charge in [-0.05, 0) is 44.6 Å². The number of H-pyrrole nitrogens is 1. The molecule has 1 aromatic heterocycles. The van der Waals surface area contributed by atoms with Crippen molar-refractivity contribution < 1.29 is 9.53 Å². The first-order chi connectivity index (χ1) is 10.7. The molecule has 2 aromatic rings. The van der Waals surface area contributed by atoms with Gasteiger partial charge in [-0.3, -0.25) is 4.90 Å². The zero-order valence-electron chi connectivity index (χ0n) is 12.8. The van der Waals surface area contributed by atoms with Crippen molar-refractivity contribution in [3.63, 3.8) is 0 Å². The highest BCUT2D eigenvalue weighted by Crippen LogP contribution is 2.46. The van der Waals surface area contributed by atoms with Gasteiger partial charge in [-0.2, -0.15) is 0 Å². The minimum absolute atomic E-state index is 0.150. The molecule has 1 saturated heterocycles. The number of rotatable bonds is 2. The van der Waals surface area contributed by atoms with Gasteiger partial charge in [0.15, 0.2) is 0 Å². The quantitative estimate of drug-likeness (QED) is 0.829. The van der Waals surface area contributed by atoms with Crippen molar-refractivity contribution in [1.29, 1.82) is 0 Å². The zero-order chi connectivity index (χ0) is 15.3. The maximum Gasteiger partial charge on any atom is 0.328 e. The van der Waals surface area contributed by atoms with Gasteiger partial charge in [0.25, 0.3) is 0 Å². The fourth-order valence-electron chi connectivity index (χ4n) is 3.90. The standard InChI is InChI=1S/C16H20N4O2/c1-3-22-16(21)14-9-4-5-20(2)15(9)10-6-12-13(18-8-17-12)7-11(10)19-14/h6-9,14-15,19H,3-5H2,1-2H3,(H,17,18)/t9-,14-,15-/m0/s1. The molecule has 0 bridgehead atoms. The van der Waals surface area contributed by atoms with E-state index in [0.29, 0.717) is 6.61 Å². The SMILES string of the molecule is CCOC(=O)[C@H]1Nc2cc3[nH]cnc3cc2[C@@H]2[C@H]1CCN2C. The van der Waals surface area contributed by atoms with Crippen LogP contribution in [0.5, 0.6) is 0 Å². The van der Waals surface area contributed by atoms with E-state index in [-0.39, 0.29) is 24.0 Å². The summed E-state index contributed by atoms with van der Waals surface area (Å²) in [5, 5.41) is 3.41. The van der Waals surface area contributed by atoms with Gasteiger partial charge in [0, 0.05) is 17.6 Å². The number of nitrogens with zero attached hydrogens (tertiary/aromatic N) is 2. The molecule has 0 radical (unpaired) electrons. The second-order valence-electron chi connectivity index (χ2n) is 6.11. The average Bonchev–Trinajstić information content (AvgIpc) is 3.11. The maximum absolute atomic E-state index is 12.3. The number of hydrogen-bond acceptors (Lipinski definition) is 5. The van der Waals surface area contributed by atoms with Crippen LogP contribution in [0.25, 0.3) is 11.0 Å². The number of nitrogens with one attached hydrogen (secondary N) is 2. The molecule has 3 heterocycles. The number of esters is 1. The van der Waals surface area contributed by atoms with Gasteiger partial charge in [-0.15, -0.1) is 0 Å². The van der Waals surface area contributed by atoms with Crippen LogP contribution in [-0.4, -0.2) is 47.1 Å². The first-order valence-electron chi connectivity index (χ1n) is 7.79. The lowest BCUT2D eigenvalue weighted by atomic mass is 9.83. The monoisotopic (exact) mass is 300 g/mol. The molecule has 6 nitrogen and oxygen atoms in total. The Morgan fingerprint density at radius 1 is 1.50 bits per heavy atom. The van der Waals surface area contributed by atoms with Gasteiger partial charge in [-0.25, -0.2) is 9.78 Å². The Bertz CT molecular complexity index is 726. The molecule has 116 valence electrons. The Labute approximate surface area is 128 Å². The molecule has 0 spiro atoms. The number of aromatic amines is 1. The second-order valence-corrected chi connectivity index (χ2v) is 6.11. The summed E-state index contributed by atoms with van der Waals surface area (Å²) < 4.78 is 5.27. The first-order valence-corrected chi connectivity index (χ1v) is 7.79. The van der Waals surface area contributed by atoms with Gasteiger partial charge in [0.05, 0.1) is 24.0 Å². The van der Waals surface area contributed by atoms with E-state index in [2.05, 4.69) is 33.3 Å². The van der Waals surface area contributed by atoms with Crippen molar-refractivity contribution in [1.82, 2.24) is 14.9 Å². The summed E-state index contributed by atoms with van der Waals surface area (Å²) in [4.78, 5) is 22.2. The summed E-state index contributed by atoms with van der Waals surface area (Å²) >= 11 is 0. The molecule has 0 saturated carbocycles. The van der Waals surface area contributed by atoms with Crippen molar-refractivity contribution in [2.75, 3.05) is 25.5 Å². The Kier molecular flexibility index (Phi) is 3.07. The number of benzene rings is 1. The number of imidazole rings is 1. The molecule has 1 fully saturated rings. The summed E-state index contributed by atoms with van der Waals surface area (Å²) in [7, 11) is 2.12. The Hall–Kier alpha value is -2.08. The topological polar surface area (TPSA) is 70.2 Å². The molecule has 0 unspecified atom stereocenters. The summed E-state index contributed by atoms with van der Waals surface area (Å²) in [6.07, 6.45) is 2.70. The van der Waals surface area contributed by atoms with Crippen LogP contribution in [0, 0.1) is 5.92 Å². The third-order valence-electron chi connectivity index (χ3n) is 4.89. The minimum atomic E-state index is -0.275. The van der Waals surface area contributed by atoms with Crippen LogP contribution >= 0.6 is 0 Å². The van der Waals surface area contributed by atoms with E-state index < -0.39 is 0 Å². The fourth-order valence-corrected chi connectivity index (χ4v) is 3.90. The van der Waals surface area contributed by atoms with Gasteiger partial charge in [0.1, 0.15) is 6.04 Å². The predicted molar refractivity (Wildman–Crippen MR) is 83.6 cm³/mol. The number of anilines is 1. The van der Waals surface area contributed by atoms with Crippen LogP contribution in [0.15, 0.2) is 18.5 Å². The molecule has 2 aliphatic rings. The molecule has 2 N–H and O–H groups in total. The fraction of sp³-hybridized carbons (Fsp3) is 0.500. The van der Waals surface area contributed by atoms with Gasteiger partial charge < -0.3 is 15.0 Å². The molecular weight excluding hydrogens is 280 g/mol. The van der Waals surface area contributed by atoms with E-state index in [9.17, 15) is 4.79 Å². The summed E-state index contributed by atoms with van der Waals surface area (Å²) in [6, 6.07) is 4.15. The lowest BCUT2D eigenvalue weighted by Crippen LogP contribution is -2.44. The van der Waals surface area contributed by atoms with Gasteiger partial charge >= 0.3 is 5.97 Å². The number of fused-ring (bicyclic) bond motifs is 4. The number of carbonyl (C=O) groups excluding carboxylic acids is 1. The van der Waals surface area contributed by atoms with E-state index in [4.69, 9.17) is 4.74 Å². The summed E-state index contributed by atoms with van der Waals surface area (Å²) in [5.41, 5.74) is 4.18. The average molecular weight is 300 g/mol. The van der Waals surface area contributed by atoms with Gasteiger partial charge in [0.2, 0.25) is 0 Å². The maximum atomic E-state index is 12.3. The van der Waals surface area contributed by atoms with E-state index in [0.717, 1.165) is 29.7 Å². The lowest BCUT2D eigenvalue weighted by molar-refractivity contribution is -0.145. The van der Waals surface area contributed by atoms with Crippen molar-refractivity contribution >= 4 is 22.7 Å². The first kappa shape index (κ1) is 13.6. The zero-order valence-corrected chi connectivity index (χ0v) is 12.8. The third kappa shape index (κ3) is 1.90. The van der Waals surface area contributed by atoms with Crippen molar-refractivity contribution in [3.05, 3.63) is 24.0 Å². The Balaban J connectivity index is 1.81. The molecule has 22 heavy (non-hydrogen) atoms. The number of aromatic nitrogens is 2. The van der Waals surface area contributed by atoms with E-state index in [1.165, 1.54) is 5.56 Å². The molecule has 4 rings (SSSR count). The lowest BCUT2D eigenvalue weighted by Gasteiger charge is -2.37. The number of ether oxygens (including phenoxy) is 1. The molecule has 3 atom stereocenters. The highest BCUT2D eigenvalue weighted by atomic mass is 16.5. The van der Waals surface area contributed by atoms with Crippen LogP contribution in [0.4, 0.5) is 5.69 Å². The second kappa shape index (κ2) is 4.98. The number of carbonyl (C=O) groups is 1. The third-order valence-corrected chi connectivity index (χ3v) is 4.89. The molecule has 0 aliphatic carbocycles. The number of likely N-dealkylation sites (tertiary alicyclic amines) is 1. The Morgan fingerprint density at radius 3 is 3.18 bits per heavy atom. The van der Waals surface area contributed by atoms with Crippen molar-refractivity contribution in [2.45, 2.75) is 25.4 Å². The summed E-state index contributed by atoms with van der Waals surface area (Å²) in [6.45, 7) is 3.25. The van der Waals surface area contributed by atoms with E-state index in [1.807, 2.05) is 13.0 Å². The molecule has 1 aromatic carbocycles.